The van der Waals surface area contributed by atoms with Crippen molar-refractivity contribution in [1.82, 2.24) is 15.0 Å². The van der Waals surface area contributed by atoms with Crippen molar-refractivity contribution in [3.05, 3.63) is 51.7 Å². The molecule has 130 valence electrons. The van der Waals surface area contributed by atoms with Gasteiger partial charge in [-0.2, -0.15) is 11.3 Å². The fraction of sp³-hybridized carbons (Fsp3) is 0.111. The minimum absolute atomic E-state index is 0.217. The Kier molecular flexibility index (Phi) is 4.71. The molecule has 0 radical (unpaired) electrons. The van der Waals surface area contributed by atoms with Gasteiger partial charge >= 0.3 is 0 Å². The average Bonchev–Trinajstić information content (AvgIpc) is 3.25. The summed E-state index contributed by atoms with van der Waals surface area (Å²) in [6.45, 7) is 1.90. The highest BCUT2D eigenvalue weighted by Gasteiger charge is 2.15. The van der Waals surface area contributed by atoms with E-state index < -0.39 is 0 Å². The molecule has 0 saturated carbocycles. The molecule has 8 heteroatoms. The summed E-state index contributed by atoms with van der Waals surface area (Å²) in [5.74, 6) is 0.360. The summed E-state index contributed by atoms with van der Waals surface area (Å²) >= 11 is 4.61. The van der Waals surface area contributed by atoms with Crippen LogP contribution in [0.2, 0.25) is 0 Å². The first-order chi connectivity index (χ1) is 12.6. The van der Waals surface area contributed by atoms with Crippen LogP contribution in [0.3, 0.4) is 0 Å². The van der Waals surface area contributed by atoms with Gasteiger partial charge in [0.1, 0.15) is 5.03 Å². The lowest BCUT2D eigenvalue weighted by molar-refractivity contribution is -0.117. The summed E-state index contributed by atoms with van der Waals surface area (Å²) in [4.78, 5) is 26.1. The van der Waals surface area contributed by atoms with Gasteiger partial charge in [-0.15, -0.1) is 11.3 Å². The van der Waals surface area contributed by atoms with Gasteiger partial charge in [0, 0.05) is 21.2 Å². The average molecular weight is 399 g/mol. The van der Waals surface area contributed by atoms with Crippen LogP contribution in [0.15, 0.2) is 50.5 Å². The summed E-state index contributed by atoms with van der Waals surface area (Å²) in [7, 11) is 0. The monoisotopic (exact) mass is 398 g/mol. The third-order valence-corrected chi connectivity index (χ3v) is 6.65. The normalized spacial score (nSPS) is 11.1. The Morgan fingerprint density at radius 2 is 2.04 bits per heavy atom. The van der Waals surface area contributed by atoms with Crippen LogP contribution < -0.4 is 5.73 Å². The van der Waals surface area contributed by atoms with E-state index in [-0.39, 0.29) is 12.3 Å². The second-order valence-electron chi connectivity index (χ2n) is 5.62. The molecule has 4 rings (SSSR count). The molecule has 5 nitrogen and oxygen atoms in total. The molecule has 3 aromatic heterocycles. The number of fused-ring (bicyclic) bond motifs is 1. The minimum atomic E-state index is -0.347. The number of aryl methyl sites for hydroxylation is 1. The van der Waals surface area contributed by atoms with Gasteiger partial charge in [0.05, 0.1) is 17.6 Å². The van der Waals surface area contributed by atoms with Crippen molar-refractivity contribution in [2.45, 2.75) is 22.7 Å². The van der Waals surface area contributed by atoms with Crippen molar-refractivity contribution in [3.8, 4) is 11.4 Å². The number of para-hydroxylation sites is 1. The maximum Gasteiger partial charge on any atom is 0.222 e. The smallest absolute Gasteiger partial charge is 0.222 e. The Hall–Kier alpha value is -2.29. The van der Waals surface area contributed by atoms with Gasteiger partial charge in [-0.25, -0.2) is 15.0 Å². The molecule has 0 atom stereocenters. The summed E-state index contributed by atoms with van der Waals surface area (Å²) in [6, 6.07) is 9.97. The van der Waals surface area contributed by atoms with Crippen LogP contribution in [0.5, 0.6) is 0 Å². The minimum Gasteiger partial charge on any atom is -0.369 e. The first-order valence-electron chi connectivity index (χ1n) is 7.82. The number of thiophene rings is 1. The number of nitrogens with two attached hydrogens (primary N) is 1. The molecule has 4 aromatic rings. The fourth-order valence-electron chi connectivity index (χ4n) is 2.50. The van der Waals surface area contributed by atoms with Crippen LogP contribution in [-0.2, 0) is 11.2 Å². The highest BCUT2D eigenvalue weighted by Crippen LogP contribution is 2.36. The van der Waals surface area contributed by atoms with Crippen molar-refractivity contribution in [2.24, 2.45) is 5.73 Å². The third kappa shape index (κ3) is 3.48. The summed E-state index contributed by atoms with van der Waals surface area (Å²) in [5.41, 5.74) is 8.06. The predicted octanol–water partition coefficient (Wildman–Crippen LogP) is 4.30. The van der Waals surface area contributed by atoms with Crippen molar-refractivity contribution >= 4 is 51.2 Å². The molecule has 3 heterocycles. The molecule has 2 N–H and O–H groups in total. The largest absolute Gasteiger partial charge is 0.369 e. The van der Waals surface area contributed by atoms with Gasteiger partial charge in [-0.05, 0) is 36.2 Å². The molecule has 0 aliphatic heterocycles. The summed E-state index contributed by atoms with van der Waals surface area (Å²) in [6.07, 6.45) is 0.217. The zero-order valence-corrected chi connectivity index (χ0v) is 16.3. The molecule has 26 heavy (non-hydrogen) atoms. The molecule has 1 amide bonds. The molecule has 1 aromatic carbocycles. The Morgan fingerprint density at radius 3 is 2.81 bits per heavy atom. The van der Waals surface area contributed by atoms with Crippen molar-refractivity contribution in [2.75, 3.05) is 0 Å². The van der Waals surface area contributed by atoms with E-state index in [9.17, 15) is 4.79 Å². The van der Waals surface area contributed by atoms with E-state index in [4.69, 9.17) is 10.7 Å². The van der Waals surface area contributed by atoms with Gasteiger partial charge < -0.3 is 5.73 Å². The van der Waals surface area contributed by atoms with Crippen LogP contribution >= 0.6 is 34.4 Å². The lowest BCUT2D eigenvalue weighted by Gasteiger charge is -2.06. The Labute approximate surface area is 162 Å². The topological polar surface area (TPSA) is 81.8 Å². The van der Waals surface area contributed by atoms with Gasteiger partial charge in [-0.1, -0.05) is 18.2 Å². The van der Waals surface area contributed by atoms with Crippen LogP contribution in [0.1, 0.15) is 10.6 Å². The number of hydrogen-bond acceptors (Lipinski definition) is 7. The second kappa shape index (κ2) is 7.14. The summed E-state index contributed by atoms with van der Waals surface area (Å²) in [5, 5.41) is 5.90. The standard InChI is InChI=1S/C18H14N4OS3/c1-10-14(8-15(19)23)25-18(20-10)26-17-12-4-2-3-5-13(12)21-16(22-17)11-6-7-24-9-11/h2-7,9H,8H2,1H3,(H2,19,23). The zero-order valence-electron chi connectivity index (χ0n) is 13.8. The van der Waals surface area contributed by atoms with E-state index in [0.717, 1.165) is 36.4 Å². The molecule has 0 spiro atoms. The van der Waals surface area contributed by atoms with Crippen molar-refractivity contribution < 1.29 is 4.79 Å². The lowest BCUT2D eigenvalue weighted by atomic mass is 10.2. The first-order valence-corrected chi connectivity index (χ1v) is 10.4. The first kappa shape index (κ1) is 17.1. The predicted molar refractivity (Wildman–Crippen MR) is 107 cm³/mol. The second-order valence-corrected chi connectivity index (χ2v) is 8.71. The van der Waals surface area contributed by atoms with E-state index in [0.29, 0.717) is 5.82 Å². The quantitative estimate of drug-likeness (QED) is 0.507. The Morgan fingerprint density at radius 1 is 1.19 bits per heavy atom. The van der Waals surface area contributed by atoms with Gasteiger partial charge in [-0.3, -0.25) is 4.79 Å². The Bertz CT molecular complexity index is 1090. The van der Waals surface area contributed by atoms with E-state index >= 15 is 0 Å². The molecule has 0 saturated heterocycles. The zero-order chi connectivity index (χ0) is 18.1. The number of benzene rings is 1. The molecular weight excluding hydrogens is 384 g/mol. The van der Waals surface area contributed by atoms with Crippen molar-refractivity contribution in [3.63, 3.8) is 0 Å². The molecule has 0 aliphatic carbocycles. The number of rotatable bonds is 5. The molecular formula is C18H14N4OS3. The molecule has 0 unspecified atom stereocenters. The number of primary amides is 1. The number of hydrogen-bond donors (Lipinski definition) is 1. The van der Waals surface area contributed by atoms with Crippen LogP contribution in [0.25, 0.3) is 22.3 Å². The fourth-order valence-corrected chi connectivity index (χ4v) is 5.40. The van der Waals surface area contributed by atoms with E-state index in [2.05, 4.69) is 9.97 Å². The highest BCUT2D eigenvalue weighted by molar-refractivity contribution is 8.01. The maximum absolute atomic E-state index is 11.2. The highest BCUT2D eigenvalue weighted by atomic mass is 32.2. The number of carbonyl (C=O) groups excluding carboxylic acids is 1. The van der Waals surface area contributed by atoms with Crippen LogP contribution in [0, 0.1) is 6.92 Å². The molecule has 0 bridgehead atoms. The Balaban J connectivity index is 1.77. The SMILES string of the molecule is Cc1nc(Sc2nc(-c3ccsc3)nc3ccccc23)sc1CC(N)=O. The van der Waals surface area contributed by atoms with E-state index in [1.807, 2.05) is 48.0 Å². The van der Waals surface area contributed by atoms with E-state index in [1.54, 1.807) is 11.3 Å². The number of thiazole rings is 1. The third-order valence-electron chi connectivity index (χ3n) is 3.74. The molecule has 0 aliphatic rings. The number of carbonyl (C=O) groups is 1. The summed E-state index contributed by atoms with van der Waals surface area (Å²) < 4.78 is 0.846. The van der Waals surface area contributed by atoms with Gasteiger partial charge in [0.15, 0.2) is 10.2 Å². The van der Waals surface area contributed by atoms with Crippen molar-refractivity contribution in [1.29, 1.82) is 0 Å². The number of aromatic nitrogens is 3. The van der Waals surface area contributed by atoms with Gasteiger partial charge in [0.25, 0.3) is 0 Å². The van der Waals surface area contributed by atoms with E-state index in [1.165, 1.54) is 23.1 Å². The van der Waals surface area contributed by atoms with Crippen LogP contribution in [-0.4, -0.2) is 20.9 Å². The maximum atomic E-state index is 11.2. The number of amides is 1. The van der Waals surface area contributed by atoms with Crippen LogP contribution in [0.4, 0.5) is 0 Å². The number of nitrogens with zero attached hydrogens (tertiary/aromatic N) is 3. The lowest BCUT2D eigenvalue weighted by Crippen LogP contribution is -2.13. The van der Waals surface area contributed by atoms with Gasteiger partial charge in [0.2, 0.25) is 5.91 Å². The molecule has 0 fully saturated rings.